The summed E-state index contributed by atoms with van der Waals surface area (Å²) in [6.07, 6.45) is 0.814. The second-order valence-corrected chi connectivity index (χ2v) is 6.85. The van der Waals surface area contributed by atoms with Crippen LogP contribution in [0.5, 0.6) is 0 Å². The molecule has 1 aromatic carbocycles. The van der Waals surface area contributed by atoms with E-state index in [-0.39, 0.29) is 0 Å². The van der Waals surface area contributed by atoms with Crippen LogP contribution in [-0.2, 0) is 19.1 Å². The molecule has 1 aliphatic rings. The molecule has 146 valence electrons. The minimum absolute atomic E-state index is 0.337. The third-order valence-electron chi connectivity index (χ3n) is 4.25. The van der Waals surface area contributed by atoms with E-state index in [4.69, 9.17) is 27.9 Å². The molecule has 2 N–H and O–H groups in total. The average Bonchev–Trinajstić information content (AvgIpc) is 2.83. The smallest absolute Gasteiger partial charge is 0.326 e. The van der Waals surface area contributed by atoms with Crippen LogP contribution in [0.15, 0.2) is 18.2 Å². The highest BCUT2D eigenvalue weighted by Gasteiger charge is 2.49. The summed E-state index contributed by atoms with van der Waals surface area (Å²) in [5.41, 5.74) is -0.654. The number of esters is 1. The maximum Gasteiger partial charge on any atom is 0.326 e. The van der Waals surface area contributed by atoms with Gasteiger partial charge in [0.1, 0.15) is 12.1 Å². The molecule has 0 saturated carbocycles. The number of nitrogens with one attached hydrogen (secondary N) is 2. The van der Waals surface area contributed by atoms with Gasteiger partial charge in [-0.05, 0) is 31.0 Å². The molecule has 0 aromatic heterocycles. The summed E-state index contributed by atoms with van der Waals surface area (Å²) in [7, 11) is 0. The molecule has 10 heteroatoms. The number of ether oxygens (including phenoxy) is 1. The van der Waals surface area contributed by atoms with Gasteiger partial charge in [0.25, 0.3) is 11.8 Å². The Morgan fingerprint density at radius 3 is 2.26 bits per heavy atom. The summed E-state index contributed by atoms with van der Waals surface area (Å²) < 4.78 is 4.84. The van der Waals surface area contributed by atoms with Crippen molar-refractivity contribution >= 4 is 52.7 Å². The quantitative estimate of drug-likeness (QED) is 0.525. The zero-order chi connectivity index (χ0) is 20.2. The molecule has 8 nitrogen and oxygen atoms in total. The summed E-state index contributed by atoms with van der Waals surface area (Å²) in [6, 6.07) is 3.81. The van der Waals surface area contributed by atoms with Gasteiger partial charge in [0, 0.05) is 15.7 Å². The maximum absolute atomic E-state index is 12.4. The number of anilines is 1. The van der Waals surface area contributed by atoms with Gasteiger partial charge in [0.05, 0.1) is 0 Å². The van der Waals surface area contributed by atoms with Crippen LogP contribution in [0.25, 0.3) is 0 Å². The van der Waals surface area contributed by atoms with Crippen molar-refractivity contribution in [2.45, 2.75) is 32.2 Å². The lowest BCUT2D eigenvalue weighted by molar-refractivity contribution is -0.150. The van der Waals surface area contributed by atoms with Crippen LogP contribution in [0.1, 0.15) is 26.7 Å². The Labute approximate surface area is 166 Å². The fraction of sp³-hybridized carbons (Fsp3) is 0.412. The Balaban J connectivity index is 1.88. The van der Waals surface area contributed by atoms with Crippen LogP contribution in [0.4, 0.5) is 10.5 Å². The van der Waals surface area contributed by atoms with E-state index < -0.39 is 42.5 Å². The number of nitrogens with zero attached hydrogens (tertiary/aromatic N) is 1. The van der Waals surface area contributed by atoms with Crippen molar-refractivity contribution in [3.63, 3.8) is 0 Å². The van der Waals surface area contributed by atoms with Gasteiger partial charge in [0.2, 0.25) is 0 Å². The molecule has 0 atom stereocenters. The Hall–Kier alpha value is -2.32. The van der Waals surface area contributed by atoms with E-state index in [9.17, 15) is 19.2 Å². The molecule has 0 radical (unpaired) electrons. The molecule has 1 fully saturated rings. The fourth-order valence-electron chi connectivity index (χ4n) is 2.69. The first kappa shape index (κ1) is 21.0. The minimum Gasteiger partial charge on any atom is -0.454 e. The number of halogens is 2. The number of urea groups is 1. The summed E-state index contributed by atoms with van der Waals surface area (Å²) in [5, 5.41) is 5.76. The van der Waals surface area contributed by atoms with Crippen LogP contribution in [-0.4, -0.2) is 47.4 Å². The second kappa shape index (κ2) is 8.58. The second-order valence-electron chi connectivity index (χ2n) is 5.98. The van der Waals surface area contributed by atoms with E-state index in [0.717, 1.165) is 4.90 Å². The summed E-state index contributed by atoms with van der Waals surface area (Å²) in [5.74, 6) is -1.97. The van der Waals surface area contributed by atoms with Gasteiger partial charge in [-0.2, -0.15) is 0 Å². The normalized spacial score (nSPS) is 15.5. The van der Waals surface area contributed by atoms with Crippen molar-refractivity contribution in [2.24, 2.45) is 0 Å². The summed E-state index contributed by atoms with van der Waals surface area (Å²) in [6.45, 7) is 2.40. The van der Waals surface area contributed by atoms with Gasteiger partial charge in [-0.1, -0.05) is 37.0 Å². The number of imide groups is 1. The molecule has 0 aliphatic carbocycles. The first-order chi connectivity index (χ1) is 12.7. The molecular weight excluding hydrogens is 397 g/mol. The number of amides is 4. The number of rotatable bonds is 7. The lowest BCUT2D eigenvalue weighted by atomic mass is 9.93. The molecule has 1 aromatic rings. The fourth-order valence-corrected chi connectivity index (χ4v) is 3.22. The number of carbonyl (C=O) groups is 4. The molecule has 0 bridgehead atoms. The van der Waals surface area contributed by atoms with Gasteiger partial charge in [-0.15, -0.1) is 0 Å². The first-order valence-electron chi connectivity index (χ1n) is 8.26. The van der Waals surface area contributed by atoms with E-state index in [1.807, 2.05) is 0 Å². The average molecular weight is 416 g/mol. The van der Waals surface area contributed by atoms with Crippen molar-refractivity contribution in [3.8, 4) is 0 Å². The number of hydrogen-bond acceptors (Lipinski definition) is 5. The molecule has 4 amide bonds. The van der Waals surface area contributed by atoms with Crippen molar-refractivity contribution in [3.05, 3.63) is 28.2 Å². The van der Waals surface area contributed by atoms with Gasteiger partial charge in [0.15, 0.2) is 6.61 Å². The topological polar surface area (TPSA) is 105 Å². The number of hydrogen-bond donors (Lipinski definition) is 2. The third-order valence-corrected chi connectivity index (χ3v) is 4.69. The predicted octanol–water partition coefficient (Wildman–Crippen LogP) is 2.59. The predicted molar refractivity (Wildman–Crippen MR) is 99.6 cm³/mol. The van der Waals surface area contributed by atoms with Crippen LogP contribution in [0, 0.1) is 0 Å². The monoisotopic (exact) mass is 415 g/mol. The van der Waals surface area contributed by atoms with Crippen molar-refractivity contribution < 1.29 is 23.9 Å². The van der Waals surface area contributed by atoms with Crippen LogP contribution < -0.4 is 10.6 Å². The van der Waals surface area contributed by atoms with Crippen molar-refractivity contribution in [1.82, 2.24) is 10.2 Å². The lowest BCUT2D eigenvalue weighted by Crippen LogP contribution is -2.46. The highest BCUT2D eigenvalue weighted by Crippen LogP contribution is 2.25. The Morgan fingerprint density at radius 2 is 1.74 bits per heavy atom. The highest BCUT2D eigenvalue weighted by atomic mass is 35.5. The van der Waals surface area contributed by atoms with Crippen LogP contribution in [0.3, 0.4) is 0 Å². The third kappa shape index (κ3) is 4.90. The first-order valence-corrected chi connectivity index (χ1v) is 9.02. The van der Waals surface area contributed by atoms with E-state index in [1.54, 1.807) is 13.8 Å². The molecule has 2 rings (SSSR count). The van der Waals surface area contributed by atoms with Crippen molar-refractivity contribution in [2.75, 3.05) is 18.5 Å². The van der Waals surface area contributed by atoms with Gasteiger partial charge in [-0.3, -0.25) is 19.3 Å². The Bertz CT molecular complexity index is 760. The van der Waals surface area contributed by atoms with E-state index >= 15 is 0 Å². The van der Waals surface area contributed by atoms with E-state index in [2.05, 4.69) is 10.6 Å². The SMILES string of the molecule is CCC1(CC)NC(=O)N(CC(=O)OCC(=O)Nc2cc(Cl)cc(Cl)c2)C1=O. The zero-order valence-electron chi connectivity index (χ0n) is 14.8. The zero-order valence-corrected chi connectivity index (χ0v) is 16.3. The van der Waals surface area contributed by atoms with Gasteiger partial charge in [-0.25, -0.2) is 4.79 Å². The Morgan fingerprint density at radius 1 is 1.15 bits per heavy atom. The Kier molecular flexibility index (Phi) is 6.67. The summed E-state index contributed by atoms with van der Waals surface area (Å²) in [4.78, 5) is 49.0. The maximum atomic E-state index is 12.4. The molecule has 27 heavy (non-hydrogen) atoms. The van der Waals surface area contributed by atoms with Crippen LogP contribution in [0.2, 0.25) is 10.0 Å². The number of carbonyl (C=O) groups excluding carboxylic acids is 4. The molecule has 0 spiro atoms. The number of benzene rings is 1. The largest absolute Gasteiger partial charge is 0.454 e. The van der Waals surface area contributed by atoms with Gasteiger partial charge < -0.3 is 15.4 Å². The van der Waals surface area contributed by atoms with E-state index in [1.165, 1.54) is 18.2 Å². The molecule has 0 unspecified atom stereocenters. The summed E-state index contributed by atoms with van der Waals surface area (Å²) >= 11 is 11.7. The van der Waals surface area contributed by atoms with Gasteiger partial charge >= 0.3 is 12.0 Å². The minimum atomic E-state index is -0.999. The molecule has 1 aliphatic heterocycles. The standard InChI is InChI=1S/C17H19Cl2N3O5/c1-3-17(4-2)15(25)22(16(26)21-17)8-14(24)27-9-13(23)20-12-6-10(18)5-11(19)7-12/h5-7H,3-4,8-9H2,1-2H3,(H,20,23)(H,21,26). The van der Waals surface area contributed by atoms with E-state index in [0.29, 0.717) is 28.6 Å². The molecule has 1 saturated heterocycles. The molecular formula is C17H19Cl2N3O5. The van der Waals surface area contributed by atoms with Crippen LogP contribution >= 0.6 is 23.2 Å². The van der Waals surface area contributed by atoms with Crippen molar-refractivity contribution in [1.29, 1.82) is 0 Å². The molecule has 1 heterocycles. The lowest BCUT2D eigenvalue weighted by Gasteiger charge is -2.22. The highest BCUT2D eigenvalue weighted by molar-refractivity contribution is 6.35.